The van der Waals surface area contributed by atoms with Gasteiger partial charge in [0.1, 0.15) is 5.82 Å². The minimum atomic E-state index is -2.44. The monoisotopic (exact) mass is 589 g/mol. The van der Waals surface area contributed by atoms with Crippen molar-refractivity contribution < 1.29 is 13.2 Å². The molecule has 1 fully saturated rings. The first-order chi connectivity index (χ1) is 22.8. The number of rotatable bonds is 5. The van der Waals surface area contributed by atoms with Crippen molar-refractivity contribution in [1.82, 2.24) is 24.5 Å². The van der Waals surface area contributed by atoms with Gasteiger partial charge in [0, 0.05) is 60.3 Å². The number of hydrogen-bond donors (Lipinski definition) is 0. The predicted octanol–water partition coefficient (Wildman–Crippen LogP) is 7.01. The molecule has 8 heteroatoms. The zero-order valence-electron chi connectivity index (χ0n) is 27.6. The van der Waals surface area contributed by atoms with Gasteiger partial charge in [-0.3, -0.25) is 4.98 Å². The highest BCUT2D eigenvalue weighted by molar-refractivity contribution is 6.08. The molecule has 0 saturated carbocycles. The van der Waals surface area contributed by atoms with Gasteiger partial charge in [-0.1, -0.05) is 41.6 Å². The second-order valence-corrected chi connectivity index (χ2v) is 12.0. The number of benzene rings is 3. The number of aryl methyl sites for hydroxylation is 2. The lowest BCUT2D eigenvalue weighted by molar-refractivity contribution is 0.0552. The lowest BCUT2D eigenvalue weighted by Gasteiger charge is -2.33. The molecule has 8 rings (SSSR count). The molecule has 0 amide bonds. The van der Waals surface area contributed by atoms with Crippen molar-refractivity contribution in [1.29, 1.82) is 0 Å². The number of fused-ring (bicyclic) bond motifs is 4. The smallest absolute Gasteiger partial charge is 0.123 e. The lowest BCUT2D eigenvalue weighted by Crippen LogP contribution is -2.30. The Bertz CT molecular complexity index is 2100. The summed E-state index contributed by atoms with van der Waals surface area (Å²) < 4.78 is 48.2. The minimum Gasteiger partial charge on any atom is -0.381 e. The summed E-state index contributed by atoms with van der Waals surface area (Å²) in [4.78, 5) is 7.45. The first kappa shape index (κ1) is 23.8. The van der Waals surface area contributed by atoms with Gasteiger partial charge in [0.25, 0.3) is 0 Å². The number of hydrogen-bond acceptors (Lipinski definition) is 5. The Kier molecular flexibility index (Phi) is 5.88. The van der Waals surface area contributed by atoms with Gasteiger partial charge < -0.3 is 14.2 Å². The van der Waals surface area contributed by atoms with Gasteiger partial charge in [0.15, 0.2) is 0 Å². The van der Waals surface area contributed by atoms with Gasteiger partial charge in [0.05, 0.1) is 34.0 Å². The van der Waals surface area contributed by atoms with E-state index in [1.807, 2.05) is 18.2 Å². The van der Waals surface area contributed by atoms with Crippen LogP contribution in [0.2, 0.25) is 0 Å². The van der Waals surface area contributed by atoms with Crippen LogP contribution in [0.1, 0.15) is 45.4 Å². The summed E-state index contributed by atoms with van der Waals surface area (Å²) in [5.74, 6) is -0.0504. The maximum absolute atomic E-state index is 14.2. The molecule has 1 saturated heterocycles. The van der Waals surface area contributed by atoms with Crippen molar-refractivity contribution in [3.63, 3.8) is 0 Å². The Morgan fingerprint density at radius 2 is 1.80 bits per heavy atom. The molecule has 1 atom stereocenters. The Hall–Kier alpha value is -4.56. The maximum atomic E-state index is 14.2. The average molecular weight is 590 g/mol. The molecule has 5 heterocycles. The van der Waals surface area contributed by atoms with E-state index in [2.05, 4.69) is 62.2 Å². The molecule has 0 N–H and O–H groups in total. The van der Waals surface area contributed by atoms with Gasteiger partial charge in [-0.2, -0.15) is 0 Å². The van der Waals surface area contributed by atoms with E-state index < -0.39 is 6.85 Å². The summed E-state index contributed by atoms with van der Waals surface area (Å²) in [5.41, 5.74) is 8.56. The Morgan fingerprint density at radius 1 is 0.977 bits per heavy atom. The molecule has 0 bridgehead atoms. The number of ether oxygens (including phenoxy) is 1. The highest BCUT2D eigenvalue weighted by Gasteiger charge is 2.31. The summed E-state index contributed by atoms with van der Waals surface area (Å²) >= 11 is 0. The summed E-state index contributed by atoms with van der Waals surface area (Å²) in [5, 5.41) is 9.09. The van der Waals surface area contributed by atoms with Crippen LogP contribution in [-0.4, -0.2) is 44.3 Å². The molecule has 0 aliphatic carbocycles. The van der Waals surface area contributed by atoms with E-state index >= 15 is 0 Å². The van der Waals surface area contributed by atoms with E-state index in [-0.39, 0.29) is 23.5 Å². The molecule has 0 unspecified atom stereocenters. The molecule has 44 heavy (non-hydrogen) atoms. The normalized spacial score (nSPS) is 17.8. The Balaban J connectivity index is 1.36. The third-order valence-corrected chi connectivity index (χ3v) is 9.42. The largest absolute Gasteiger partial charge is 0.381 e. The molecule has 0 spiro atoms. The first-order valence-electron chi connectivity index (χ1n) is 16.8. The van der Waals surface area contributed by atoms with Gasteiger partial charge in [-0.05, 0) is 85.1 Å². The summed E-state index contributed by atoms with van der Waals surface area (Å²) in [6, 6.07) is 23.9. The van der Waals surface area contributed by atoms with E-state index in [1.54, 1.807) is 13.2 Å². The molecule has 0 radical (unpaired) electrons. The van der Waals surface area contributed by atoms with Crippen LogP contribution in [0.25, 0.3) is 33.2 Å². The molecule has 3 aromatic carbocycles. The van der Waals surface area contributed by atoms with E-state index in [0.29, 0.717) is 24.5 Å². The standard InChI is InChI=1S/C36H35FN6O/c1-23-35(41(2)40-39-23)28-19-33-34(38-21-28)31-20-30(42-16-13-24-5-3-4-6-27(24)22-42)11-12-32(31)43(33)36(26-14-17-44-18-15-26)25-7-9-29(37)10-8-25/h3-12,19-21,26,36H,13-18,22H2,1-2H3/t36-/m1/s1/i1D3. The quantitative estimate of drug-likeness (QED) is 0.217. The van der Waals surface area contributed by atoms with Crippen LogP contribution in [0.5, 0.6) is 0 Å². The van der Waals surface area contributed by atoms with Crippen LogP contribution in [-0.2, 0) is 24.8 Å². The van der Waals surface area contributed by atoms with Crippen molar-refractivity contribution in [3.8, 4) is 11.3 Å². The molecular weight excluding hydrogens is 551 g/mol. The third kappa shape index (κ3) is 4.56. The fourth-order valence-electron chi connectivity index (χ4n) is 7.24. The molecule has 7 nitrogen and oxygen atoms in total. The van der Waals surface area contributed by atoms with Crippen molar-refractivity contribution in [2.24, 2.45) is 13.0 Å². The molecule has 222 valence electrons. The van der Waals surface area contributed by atoms with Crippen LogP contribution in [0.4, 0.5) is 10.1 Å². The van der Waals surface area contributed by atoms with Crippen LogP contribution in [0.15, 0.2) is 79.0 Å². The van der Waals surface area contributed by atoms with E-state index in [9.17, 15) is 4.39 Å². The van der Waals surface area contributed by atoms with E-state index in [0.717, 1.165) is 65.5 Å². The summed E-state index contributed by atoms with van der Waals surface area (Å²) in [6.45, 7) is 0.637. The van der Waals surface area contributed by atoms with Crippen molar-refractivity contribution in [2.45, 2.75) is 38.7 Å². The van der Waals surface area contributed by atoms with E-state index in [4.69, 9.17) is 13.8 Å². The zero-order valence-corrected chi connectivity index (χ0v) is 24.6. The zero-order chi connectivity index (χ0) is 32.3. The highest BCUT2D eigenvalue weighted by Crippen LogP contribution is 2.42. The lowest BCUT2D eigenvalue weighted by atomic mass is 9.86. The van der Waals surface area contributed by atoms with Crippen molar-refractivity contribution in [2.75, 3.05) is 24.7 Å². The topological polar surface area (TPSA) is 61.0 Å². The number of pyridine rings is 1. The van der Waals surface area contributed by atoms with Gasteiger partial charge in [-0.25, -0.2) is 9.07 Å². The molecule has 2 aliphatic heterocycles. The fraction of sp³-hybridized carbons (Fsp3) is 0.306. The number of halogens is 1. The van der Waals surface area contributed by atoms with Gasteiger partial charge in [0.2, 0.25) is 0 Å². The summed E-state index contributed by atoms with van der Waals surface area (Å²) in [7, 11) is 1.70. The van der Waals surface area contributed by atoms with Crippen LogP contribution < -0.4 is 4.90 Å². The molecule has 6 aromatic rings. The van der Waals surface area contributed by atoms with Crippen LogP contribution >= 0.6 is 0 Å². The SMILES string of the molecule is [2H]C([2H])([2H])c1nnn(C)c1-c1cnc2c3cc(N4CCc5ccccc5C4)ccc3n([C@H](c3ccc(F)cc3)C3CCOCC3)c2c1. The minimum absolute atomic E-state index is 0.0593. The van der Waals surface area contributed by atoms with E-state index in [1.165, 1.54) is 27.9 Å². The van der Waals surface area contributed by atoms with Gasteiger partial charge >= 0.3 is 0 Å². The van der Waals surface area contributed by atoms with Gasteiger partial charge in [-0.15, -0.1) is 5.10 Å². The molecule has 3 aromatic heterocycles. The molecule has 2 aliphatic rings. The number of nitrogens with zero attached hydrogens (tertiary/aromatic N) is 6. The number of anilines is 1. The van der Waals surface area contributed by atoms with Crippen LogP contribution in [0, 0.1) is 18.6 Å². The third-order valence-electron chi connectivity index (χ3n) is 9.42. The first-order valence-corrected chi connectivity index (χ1v) is 15.3. The average Bonchev–Trinajstić information content (AvgIpc) is 3.63. The maximum Gasteiger partial charge on any atom is 0.123 e. The molecular formula is C36H35FN6O. The Morgan fingerprint density at radius 3 is 2.61 bits per heavy atom. The predicted molar refractivity (Wildman–Crippen MR) is 171 cm³/mol. The second-order valence-electron chi connectivity index (χ2n) is 12.0. The highest BCUT2D eigenvalue weighted by atomic mass is 19.1. The Labute approximate surface area is 260 Å². The fourth-order valence-corrected chi connectivity index (χ4v) is 7.24. The summed E-state index contributed by atoms with van der Waals surface area (Å²) in [6.07, 6.45) is 4.43. The number of aromatic nitrogens is 5. The van der Waals surface area contributed by atoms with Crippen molar-refractivity contribution >= 4 is 27.6 Å². The van der Waals surface area contributed by atoms with Crippen LogP contribution in [0.3, 0.4) is 0 Å². The second kappa shape index (κ2) is 10.9. The van der Waals surface area contributed by atoms with Crippen molar-refractivity contribution in [3.05, 3.63) is 107 Å².